The minimum Gasteiger partial charge on any atom is -0.329 e. The highest BCUT2D eigenvalue weighted by Crippen LogP contribution is 2.15. The van der Waals surface area contributed by atoms with Crippen LogP contribution in [0.3, 0.4) is 0 Å². The van der Waals surface area contributed by atoms with Crippen LogP contribution < -0.4 is 15.8 Å². The van der Waals surface area contributed by atoms with Crippen LogP contribution in [0.4, 0.5) is 5.69 Å². The van der Waals surface area contributed by atoms with E-state index < -0.39 is 10.0 Å². The van der Waals surface area contributed by atoms with E-state index in [1.165, 1.54) is 12.1 Å². The van der Waals surface area contributed by atoms with Crippen molar-refractivity contribution in [2.45, 2.75) is 18.2 Å². The molecule has 6 nitrogen and oxygen atoms in total. The van der Waals surface area contributed by atoms with Crippen LogP contribution in [0.2, 0.25) is 0 Å². The number of nitrogens with two attached hydrogens (primary N) is 1. The molecule has 0 aliphatic carbocycles. The van der Waals surface area contributed by atoms with Crippen molar-refractivity contribution >= 4 is 45.8 Å². The second-order valence-electron chi connectivity index (χ2n) is 4.32. The molecular weight excluding hydrogens is 346 g/mol. The number of benzene rings is 1. The summed E-state index contributed by atoms with van der Waals surface area (Å²) in [5.41, 5.74) is 5.75. The first-order valence-corrected chi connectivity index (χ1v) is 9.30. The number of thioether (sulfide) groups is 1. The number of carbonyl (C=O) groups is 1. The third-order valence-corrected chi connectivity index (χ3v) is 5.07. The fourth-order valence-corrected chi connectivity index (χ4v) is 3.31. The molecular formula is C13H22ClN3O3S2. The average molecular weight is 368 g/mol. The van der Waals surface area contributed by atoms with E-state index in [1.807, 2.05) is 6.92 Å². The van der Waals surface area contributed by atoms with Crippen molar-refractivity contribution in [1.82, 2.24) is 4.72 Å². The maximum absolute atomic E-state index is 12.0. The van der Waals surface area contributed by atoms with Crippen molar-refractivity contribution in [2.24, 2.45) is 5.73 Å². The molecule has 0 atom stereocenters. The van der Waals surface area contributed by atoms with Crippen molar-refractivity contribution < 1.29 is 13.2 Å². The third-order valence-electron chi connectivity index (χ3n) is 2.45. The zero-order valence-corrected chi connectivity index (χ0v) is 14.8. The van der Waals surface area contributed by atoms with Gasteiger partial charge in [-0.2, -0.15) is 11.8 Å². The van der Waals surface area contributed by atoms with E-state index in [4.69, 9.17) is 5.73 Å². The molecule has 0 saturated heterocycles. The summed E-state index contributed by atoms with van der Waals surface area (Å²) in [6.07, 6.45) is 1.01. The summed E-state index contributed by atoms with van der Waals surface area (Å²) in [6, 6.07) is 6.15. The number of hydrogen-bond donors (Lipinski definition) is 3. The van der Waals surface area contributed by atoms with Gasteiger partial charge in [0.1, 0.15) is 0 Å². The fraction of sp³-hybridized carbons (Fsp3) is 0.462. The minimum atomic E-state index is -3.59. The SMILES string of the molecule is CCCSCC(=O)Nc1cccc(S(=O)(=O)NCCN)c1.Cl. The first kappa shape index (κ1) is 21.2. The molecule has 0 saturated carbocycles. The van der Waals surface area contributed by atoms with Crippen LogP contribution in [0.25, 0.3) is 0 Å². The minimum absolute atomic E-state index is 0. The van der Waals surface area contributed by atoms with Gasteiger partial charge in [-0.3, -0.25) is 4.79 Å². The Kier molecular flexibility index (Phi) is 10.5. The standard InChI is InChI=1S/C13H21N3O3S2.ClH/c1-2-8-20-10-13(17)16-11-4-3-5-12(9-11)21(18,19)15-7-6-14;/h3-5,9,15H,2,6-8,10,14H2,1H3,(H,16,17);1H. The Hall–Kier alpha value is -0.800. The molecule has 0 fully saturated rings. The van der Waals surface area contributed by atoms with Crippen LogP contribution in [0.15, 0.2) is 29.2 Å². The van der Waals surface area contributed by atoms with Gasteiger partial charge in [0, 0.05) is 18.8 Å². The monoisotopic (exact) mass is 367 g/mol. The van der Waals surface area contributed by atoms with E-state index in [0.717, 1.165) is 12.2 Å². The number of anilines is 1. The summed E-state index contributed by atoms with van der Waals surface area (Å²) < 4.78 is 26.3. The van der Waals surface area contributed by atoms with E-state index in [-0.39, 0.29) is 36.3 Å². The van der Waals surface area contributed by atoms with E-state index >= 15 is 0 Å². The lowest BCUT2D eigenvalue weighted by Gasteiger charge is -2.09. The van der Waals surface area contributed by atoms with E-state index in [2.05, 4.69) is 10.0 Å². The lowest BCUT2D eigenvalue weighted by atomic mass is 10.3. The van der Waals surface area contributed by atoms with Gasteiger partial charge in [-0.15, -0.1) is 12.4 Å². The van der Waals surface area contributed by atoms with Crippen LogP contribution in [0.5, 0.6) is 0 Å². The number of carbonyl (C=O) groups excluding carboxylic acids is 1. The van der Waals surface area contributed by atoms with Gasteiger partial charge in [0.05, 0.1) is 10.6 Å². The smallest absolute Gasteiger partial charge is 0.240 e. The van der Waals surface area contributed by atoms with Gasteiger partial charge in [0.2, 0.25) is 15.9 Å². The molecule has 22 heavy (non-hydrogen) atoms. The van der Waals surface area contributed by atoms with Crippen molar-refractivity contribution in [3.63, 3.8) is 0 Å². The zero-order chi connectivity index (χ0) is 15.7. The van der Waals surface area contributed by atoms with Crippen LogP contribution in [-0.2, 0) is 14.8 Å². The highest BCUT2D eigenvalue weighted by molar-refractivity contribution is 7.99. The molecule has 0 aliphatic rings. The van der Waals surface area contributed by atoms with Gasteiger partial charge in [0.15, 0.2) is 0 Å². The first-order chi connectivity index (χ1) is 9.99. The van der Waals surface area contributed by atoms with Crippen molar-refractivity contribution in [3.8, 4) is 0 Å². The molecule has 0 aromatic heterocycles. The predicted octanol–water partition coefficient (Wildman–Crippen LogP) is 1.43. The highest BCUT2D eigenvalue weighted by atomic mass is 35.5. The van der Waals surface area contributed by atoms with Crippen molar-refractivity contribution in [2.75, 3.05) is 29.9 Å². The maximum atomic E-state index is 12.0. The van der Waals surface area contributed by atoms with Gasteiger partial charge in [0.25, 0.3) is 0 Å². The summed E-state index contributed by atoms with van der Waals surface area (Å²) in [6.45, 7) is 2.45. The molecule has 0 radical (unpaired) electrons. The van der Waals surface area contributed by atoms with Crippen LogP contribution in [-0.4, -0.2) is 38.9 Å². The molecule has 1 aromatic carbocycles. The molecule has 4 N–H and O–H groups in total. The van der Waals surface area contributed by atoms with Crippen molar-refractivity contribution in [3.05, 3.63) is 24.3 Å². The Morgan fingerprint density at radius 1 is 1.36 bits per heavy atom. The molecule has 0 unspecified atom stereocenters. The third kappa shape index (κ3) is 7.46. The number of sulfonamides is 1. The zero-order valence-electron chi connectivity index (χ0n) is 12.4. The molecule has 0 spiro atoms. The van der Waals surface area contributed by atoms with E-state index in [0.29, 0.717) is 11.4 Å². The molecule has 1 aromatic rings. The van der Waals surface area contributed by atoms with Crippen molar-refractivity contribution in [1.29, 1.82) is 0 Å². The molecule has 1 rings (SSSR count). The number of halogens is 1. The molecule has 9 heteroatoms. The summed E-state index contributed by atoms with van der Waals surface area (Å²) in [5.74, 6) is 1.14. The topological polar surface area (TPSA) is 101 Å². The number of nitrogens with one attached hydrogen (secondary N) is 2. The van der Waals surface area contributed by atoms with Crippen LogP contribution in [0, 0.1) is 0 Å². The largest absolute Gasteiger partial charge is 0.329 e. The average Bonchev–Trinajstić information content (AvgIpc) is 2.46. The predicted molar refractivity (Wildman–Crippen MR) is 94.2 cm³/mol. The molecule has 0 aliphatic heterocycles. The molecule has 126 valence electrons. The van der Waals surface area contributed by atoms with E-state index in [9.17, 15) is 13.2 Å². The van der Waals surface area contributed by atoms with Gasteiger partial charge in [-0.25, -0.2) is 13.1 Å². The number of rotatable bonds is 9. The van der Waals surface area contributed by atoms with Gasteiger partial charge in [-0.05, 0) is 30.4 Å². The molecule has 1 amide bonds. The Morgan fingerprint density at radius 2 is 2.09 bits per heavy atom. The summed E-state index contributed by atoms with van der Waals surface area (Å²) >= 11 is 1.54. The Labute approximate surface area is 142 Å². The lowest BCUT2D eigenvalue weighted by Crippen LogP contribution is -2.29. The fourth-order valence-electron chi connectivity index (χ4n) is 1.52. The van der Waals surface area contributed by atoms with Gasteiger partial charge >= 0.3 is 0 Å². The summed E-state index contributed by atoms with van der Waals surface area (Å²) in [5, 5.41) is 2.69. The Morgan fingerprint density at radius 3 is 2.73 bits per heavy atom. The summed E-state index contributed by atoms with van der Waals surface area (Å²) in [4.78, 5) is 11.8. The van der Waals surface area contributed by atoms with E-state index in [1.54, 1.807) is 23.9 Å². The Bertz CT molecular complexity index is 567. The molecule has 0 bridgehead atoms. The van der Waals surface area contributed by atoms with Gasteiger partial charge < -0.3 is 11.1 Å². The Balaban J connectivity index is 0.00000441. The lowest BCUT2D eigenvalue weighted by molar-refractivity contribution is -0.113. The summed E-state index contributed by atoms with van der Waals surface area (Å²) in [7, 11) is -3.59. The normalized spacial score (nSPS) is 10.8. The second kappa shape index (κ2) is 10.8. The van der Waals surface area contributed by atoms with Crippen LogP contribution in [0.1, 0.15) is 13.3 Å². The molecule has 0 heterocycles. The number of amides is 1. The second-order valence-corrected chi connectivity index (χ2v) is 7.19. The van der Waals surface area contributed by atoms with Crippen LogP contribution >= 0.6 is 24.2 Å². The van der Waals surface area contributed by atoms with Gasteiger partial charge in [-0.1, -0.05) is 13.0 Å². The highest BCUT2D eigenvalue weighted by Gasteiger charge is 2.13. The first-order valence-electron chi connectivity index (χ1n) is 6.67. The number of hydrogen-bond acceptors (Lipinski definition) is 5. The quantitative estimate of drug-likeness (QED) is 0.573. The maximum Gasteiger partial charge on any atom is 0.240 e.